The van der Waals surface area contributed by atoms with Crippen LogP contribution in [0.25, 0.3) is 0 Å². The van der Waals surface area contributed by atoms with E-state index in [1.54, 1.807) is 0 Å². The fraction of sp³-hybridized carbons (Fsp3) is 0.538. The number of nitrogens with one attached hydrogen (secondary N) is 1. The van der Waals surface area contributed by atoms with Gasteiger partial charge in [-0.1, -0.05) is 12.1 Å². The van der Waals surface area contributed by atoms with E-state index in [2.05, 4.69) is 11.4 Å². The van der Waals surface area contributed by atoms with Crippen molar-refractivity contribution in [2.24, 2.45) is 5.92 Å². The van der Waals surface area contributed by atoms with E-state index in [1.807, 2.05) is 12.1 Å². The van der Waals surface area contributed by atoms with Crippen molar-refractivity contribution < 1.29 is 5.11 Å². The van der Waals surface area contributed by atoms with Gasteiger partial charge in [0.15, 0.2) is 0 Å². The van der Waals surface area contributed by atoms with Crippen LogP contribution in [0.1, 0.15) is 24.0 Å². The van der Waals surface area contributed by atoms with Crippen LogP contribution < -0.4 is 5.32 Å². The molecule has 1 aliphatic carbocycles. The van der Waals surface area contributed by atoms with Gasteiger partial charge in [-0.15, -0.1) is 0 Å². The van der Waals surface area contributed by atoms with Crippen molar-refractivity contribution in [1.29, 1.82) is 0 Å². The zero-order chi connectivity index (χ0) is 10.3. The average molecular weight is 203 g/mol. The normalized spacial score (nSPS) is 29.3. The van der Waals surface area contributed by atoms with Gasteiger partial charge in [-0.3, -0.25) is 0 Å². The van der Waals surface area contributed by atoms with E-state index in [1.165, 1.54) is 24.0 Å². The molecular weight excluding hydrogens is 186 g/mol. The minimum absolute atomic E-state index is 0.485. The van der Waals surface area contributed by atoms with Gasteiger partial charge in [0, 0.05) is 6.04 Å². The molecule has 2 N–H and O–H groups in total. The molecule has 2 nitrogen and oxygen atoms in total. The lowest BCUT2D eigenvalue weighted by molar-refractivity contribution is 0.260. The largest absolute Gasteiger partial charge is 0.508 e. The van der Waals surface area contributed by atoms with Gasteiger partial charge in [-0.05, 0) is 55.3 Å². The highest BCUT2D eigenvalue weighted by Gasteiger charge is 2.31. The van der Waals surface area contributed by atoms with Crippen LogP contribution in [-0.4, -0.2) is 17.7 Å². The number of rotatable bonds is 0. The maximum atomic E-state index is 9.82. The second-order valence-electron chi connectivity index (χ2n) is 4.79. The third-order valence-corrected chi connectivity index (χ3v) is 3.88. The SMILES string of the molecule is Oc1cccc2c1C[C@H]1NCCC[C@H]1C2. The molecule has 0 spiro atoms. The first-order valence-electron chi connectivity index (χ1n) is 5.88. The van der Waals surface area contributed by atoms with E-state index < -0.39 is 0 Å². The Kier molecular flexibility index (Phi) is 2.17. The summed E-state index contributed by atoms with van der Waals surface area (Å²) in [6, 6.07) is 6.53. The predicted octanol–water partition coefficient (Wildman–Crippen LogP) is 1.86. The second kappa shape index (κ2) is 3.53. The Hall–Kier alpha value is -1.02. The number of hydrogen-bond donors (Lipinski definition) is 2. The van der Waals surface area contributed by atoms with E-state index in [0.717, 1.165) is 25.3 Å². The van der Waals surface area contributed by atoms with E-state index in [0.29, 0.717) is 11.8 Å². The van der Waals surface area contributed by atoms with E-state index in [4.69, 9.17) is 0 Å². The number of phenols is 1. The second-order valence-corrected chi connectivity index (χ2v) is 4.79. The number of hydrogen-bond acceptors (Lipinski definition) is 2. The maximum Gasteiger partial charge on any atom is 0.119 e. The molecule has 0 amide bonds. The maximum absolute atomic E-state index is 9.82. The molecule has 1 aromatic rings. The Balaban J connectivity index is 1.95. The van der Waals surface area contributed by atoms with Crippen LogP contribution in [0.2, 0.25) is 0 Å². The number of phenolic OH excluding ortho intramolecular Hbond substituents is 1. The average Bonchev–Trinajstić information content (AvgIpc) is 2.27. The van der Waals surface area contributed by atoms with E-state index in [-0.39, 0.29) is 0 Å². The molecule has 0 unspecified atom stereocenters. The molecule has 80 valence electrons. The van der Waals surface area contributed by atoms with Crippen LogP contribution in [0.15, 0.2) is 18.2 Å². The topological polar surface area (TPSA) is 32.3 Å². The van der Waals surface area contributed by atoms with Gasteiger partial charge < -0.3 is 10.4 Å². The molecular formula is C13H17NO. The number of piperidine rings is 1. The molecule has 2 heteroatoms. The molecule has 2 aliphatic rings. The molecule has 1 aromatic carbocycles. The van der Waals surface area contributed by atoms with Crippen molar-refractivity contribution in [3.05, 3.63) is 29.3 Å². The van der Waals surface area contributed by atoms with Gasteiger partial charge in [0.2, 0.25) is 0 Å². The van der Waals surface area contributed by atoms with Gasteiger partial charge >= 0.3 is 0 Å². The molecule has 2 atom stereocenters. The lowest BCUT2D eigenvalue weighted by atomic mass is 9.76. The Morgan fingerprint density at radius 1 is 1.27 bits per heavy atom. The summed E-state index contributed by atoms with van der Waals surface area (Å²) in [6.07, 6.45) is 4.79. The highest BCUT2D eigenvalue weighted by molar-refractivity contribution is 5.42. The van der Waals surface area contributed by atoms with Crippen LogP contribution in [0, 0.1) is 5.92 Å². The smallest absolute Gasteiger partial charge is 0.119 e. The molecule has 15 heavy (non-hydrogen) atoms. The summed E-state index contributed by atoms with van der Waals surface area (Å²) >= 11 is 0. The summed E-state index contributed by atoms with van der Waals surface area (Å²) in [4.78, 5) is 0. The fourth-order valence-electron chi connectivity index (χ4n) is 3.05. The minimum atomic E-state index is 0.485. The van der Waals surface area contributed by atoms with Gasteiger partial charge in [0.05, 0.1) is 0 Å². The summed E-state index contributed by atoms with van der Waals surface area (Å²) < 4.78 is 0. The van der Waals surface area contributed by atoms with Crippen LogP contribution in [0.5, 0.6) is 5.75 Å². The molecule has 1 saturated heterocycles. The highest BCUT2D eigenvalue weighted by Crippen LogP contribution is 2.34. The predicted molar refractivity (Wildman–Crippen MR) is 60.0 cm³/mol. The van der Waals surface area contributed by atoms with Crippen molar-refractivity contribution >= 4 is 0 Å². The van der Waals surface area contributed by atoms with Crippen molar-refractivity contribution in [2.45, 2.75) is 31.7 Å². The van der Waals surface area contributed by atoms with Crippen LogP contribution in [-0.2, 0) is 12.8 Å². The summed E-state index contributed by atoms with van der Waals surface area (Å²) in [5.41, 5.74) is 2.54. The van der Waals surface area contributed by atoms with Gasteiger partial charge in [0.25, 0.3) is 0 Å². The lowest BCUT2D eigenvalue weighted by Gasteiger charge is -2.37. The van der Waals surface area contributed by atoms with Crippen molar-refractivity contribution in [3.63, 3.8) is 0 Å². The first-order chi connectivity index (χ1) is 7.34. The molecule has 3 rings (SSSR count). The van der Waals surface area contributed by atoms with Crippen molar-refractivity contribution in [3.8, 4) is 5.75 Å². The van der Waals surface area contributed by atoms with E-state index in [9.17, 15) is 5.11 Å². The zero-order valence-electron chi connectivity index (χ0n) is 8.87. The van der Waals surface area contributed by atoms with Gasteiger partial charge in [0.1, 0.15) is 5.75 Å². The third kappa shape index (κ3) is 1.53. The standard InChI is InChI=1S/C13H17NO/c15-13-5-1-3-9-7-10-4-2-6-14-12(10)8-11(9)13/h1,3,5,10,12,14-15H,2,4,6-8H2/t10-,12+/m0/s1. The summed E-state index contributed by atoms with van der Waals surface area (Å²) in [5.74, 6) is 1.27. The minimum Gasteiger partial charge on any atom is -0.508 e. The first-order valence-corrected chi connectivity index (χ1v) is 5.88. The Bertz CT molecular complexity index is 375. The zero-order valence-corrected chi connectivity index (χ0v) is 8.87. The Morgan fingerprint density at radius 2 is 2.20 bits per heavy atom. The highest BCUT2D eigenvalue weighted by atomic mass is 16.3. The molecule has 0 radical (unpaired) electrons. The molecule has 0 bridgehead atoms. The fourth-order valence-corrected chi connectivity index (χ4v) is 3.05. The molecule has 0 aromatic heterocycles. The molecule has 1 heterocycles. The van der Waals surface area contributed by atoms with Crippen molar-refractivity contribution in [1.82, 2.24) is 5.32 Å². The molecule has 0 saturated carbocycles. The summed E-state index contributed by atoms with van der Waals surface area (Å²) in [5, 5.41) is 13.4. The van der Waals surface area contributed by atoms with Crippen LogP contribution in [0.4, 0.5) is 0 Å². The summed E-state index contributed by atoms with van der Waals surface area (Å²) in [6.45, 7) is 1.14. The van der Waals surface area contributed by atoms with Crippen molar-refractivity contribution in [2.75, 3.05) is 6.54 Å². The quantitative estimate of drug-likeness (QED) is 0.674. The first kappa shape index (κ1) is 9.22. The molecule has 1 fully saturated rings. The number of fused-ring (bicyclic) bond motifs is 2. The Morgan fingerprint density at radius 3 is 3.13 bits per heavy atom. The van der Waals surface area contributed by atoms with Crippen LogP contribution >= 0.6 is 0 Å². The van der Waals surface area contributed by atoms with Gasteiger partial charge in [-0.25, -0.2) is 0 Å². The number of benzene rings is 1. The number of aromatic hydroxyl groups is 1. The lowest BCUT2D eigenvalue weighted by Crippen LogP contribution is -2.45. The van der Waals surface area contributed by atoms with Crippen LogP contribution in [0.3, 0.4) is 0 Å². The Labute approximate surface area is 90.3 Å². The van der Waals surface area contributed by atoms with Gasteiger partial charge in [-0.2, -0.15) is 0 Å². The third-order valence-electron chi connectivity index (χ3n) is 3.88. The summed E-state index contributed by atoms with van der Waals surface area (Å²) in [7, 11) is 0. The monoisotopic (exact) mass is 203 g/mol. The van der Waals surface area contributed by atoms with E-state index >= 15 is 0 Å². The molecule has 1 aliphatic heterocycles.